The Morgan fingerprint density at radius 2 is 2.14 bits per heavy atom. The number of carbonyl (C=O) groups excluding carboxylic acids is 2. The molecule has 21 heavy (non-hydrogen) atoms. The smallest absolute Gasteiger partial charge is 0.341 e. The quantitative estimate of drug-likeness (QED) is 0.847. The number of carbonyl (C=O) groups is 2. The fraction of sp³-hybridized carbons (Fsp3) is 0.214. The summed E-state index contributed by atoms with van der Waals surface area (Å²) in [7, 11) is 0. The Morgan fingerprint density at radius 3 is 2.81 bits per heavy atom. The predicted octanol–water partition coefficient (Wildman–Crippen LogP) is 2.17. The van der Waals surface area contributed by atoms with Crippen LogP contribution in [0.5, 0.6) is 0 Å². The molecule has 1 amide bonds. The van der Waals surface area contributed by atoms with Crippen LogP contribution in [0.4, 0.5) is 5.00 Å². The summed E-state index contributed by atoms with van der Waals surface area (Å²) in [6.45, 7) is 3.80. The highest BCUT2D eigenvalue weighted by Crippen LogP contribution is 2.28. The average molecular weight is 306 g/mol. The molecule has 2 heterocycles. The van der Waals surface area contributed by atoms with Crippen LogP contribution in [0, 0.1) is 6.92 Å². The first-order chi connectivity index (χ1) is 10.0. The van der Waals surface area contributed by atoms with Crippen molar-refractivity contribution in [1.82, 2.24) is 4.98 Å². The topological polar surface area (TPSA) is 88.3 Å². The number of aryl methyl sites for hydroxylation is 1. The second-order valence-electron chi connectivity index (χ2n) is 4.20. The summed E-state index contributed by atoms with van der Waals surface area (Å²) in [4.78, 5) is 38.4. The second kappa shape index (κ2) is 6.36. The zero-order valence-corrected chi connectivity index (χ0v) is 12.4. The Kier molecular flexibility index (Phi) is 4.54. The monoisotopic (exact) mass is 306 g/mol. The van der Waals surface area contributed by atoms with Gasteiger partial charge in [0.2, 0.25) is 5.56 Å². The van der Waals surface area contributed by atoms with E-state index in [1.54, 1.807) is 13.0 Å². The number of esters is 1. The molecule has 0 aliphatic carbocycles. The molecule has 0 aliphatic rings. The molecule has 6 nitrogen and oxygen atoms in total. The van der Waals surface area contributed by atoms with E-state index in [0.29, 0.717) is 10.6 Å². The van der Waals surface area contributed by atoms with Crippen molar-refractivity contribution in [3.63, 3.8) is 0 Å². The van der Waals surface area contributed by atoms with Crippen molar-refractivity contribution in [2.45, 2.75) is 13.8 Å². The van der Waals surface area contributed by atoms with Gasteiger partial charge in [-0.15, -0.1) is 11.3 Å². The van der Waals surface area contributed by atoms with Crippen molar-refractivity contribution < 1.29 is 14.3 Å². The second-order valence-corrected chi connectivity index (χ2v) is 5.46. The highest BCUT2D eigenvalue weighted by atomic mass is 32.1. The number of H-pyrrole nitrogens is 1. The van der Waals surface area contributed by atoms with Crippen molar-refractivity contribution in [2.75, 3.05) is 11.9 Å². The summed E-state index contributed by atoms with van der Waals surface area (Å²) in [6.07, 6.45) is 0. The van der Waals surface area contributed by atoms with Crippen LogP contribution in [0.2, 0.25) is 0 Å². The number of anilines is 1. The summed E-state index contributed by atoms with van der Waals surface area (Å²) in [6, 6.07) is 5.95. The van der Waals surface area contributed by atoms with E-state index in [9.17, 15) is 14.4 Å². The van der Waals surface area contributed by atoms with Gasteiger partial charge in [0.25, 0.3) is 5.91 Å². The Bertz CT molecular complexity index is 733. The largest absolute Gasteiger partial charge is 0.462 e. The number of amides is 1. The molecule has 2 aromatic rings. The zero-order chi connectivity index (χ0) is 15.4. The van der Waals surface area contributed by atoms with Crippen LogP contribution in [-0.2, 0) is 4.74 Å². The van der Waals surface area contributed by atoms with Crippen LogP contribution in [0.25, 0.3) is 0 Å². The Hall–Kier alpha value is -2.41. The van der Waals surface area contributed by atoms with Gasteiger partial charge in [0.1, 0.15) is 10.7 Å². The number of thiophene rings is 1. The van der Waals surface area contributed by atoms with Crippen LogP contribution < -0.4 is 10.9 Å². The number of rotatable bonds is 4. The van der Waals surface area contributed by atoms with Crippen LogP contribution in [0.3, 0.4) is 0 Å². The van der Waals surface area contributed by atoms with E-state index in [2.05, 4.69) is 10.3 Å². The lowest BCUT2D eigenvalue weighted by atomic mass is 10.3. The first-order valence-electron chi connectivity index (χ1n) is 6.29. The van der Waals surface area contributed by atoms with E-state index < -0.39 is 11.9 Å². The standard InChI is InChI=1S/C14H14N2O4S/c1-3-20-14(19)9-7-8(2)21-13(9)16-12(18)10-5-4-6-11(17)15-10/h4-7H,3H2,1-2H3,(H,15,17)(H,16,18). The Morgan fingerprint density at radius 1 is 1.38 bits per heavy atom. The number of pyridine rings is 1. The Balaban J connectivity index is 2.25. The number of hydrogen-bond acceptors (Lipinski definition) is 5. The fourth-order valence-electron chi connectivity index (χ4n) is 1.72. The molecule has 0 unspecified atom stereocenters. The lowest BCUT2D eigenvalue weighted by Gasteiger charge is -2.05. The highest BCUT2D eigenvalue weighted by molar-refractivity contribution is 7.16. The number of hydrogen-bond donors (Lipinski definition) is 2. The minimum absolute atomic E-state index is 0.128. The molecular weight excluding hydrogens is 292 g/mol. The van der Waals surface area contributed by atoms with Crippen molar-refractivity contribution in [1.29, 1.82) is 0 Å². The predicted molar refractivity (Wildman–Crippen MR) is 80.0 cm³/mol. The SMILES string of the molecule is CCOC(=O)c1cc(C)sc1NC(=O)c1cccc(=O)[nH]1. The minimum Gasteiger partial charge on any atom is -0.462 e. The molecule has 7 heteroatoms. The molecule has 0 aromatic carbocycles. The van der Waals surface area contributed by atoms with Gasteiger partial charge in [0.15, 0.2) is 0 Å². The van der Waals surface area contributed by atoms with Gasteiger partial charge < -0.3 is 15.0 Å². The lowest BCUT2D eigenvalue weighted by Crippen LogP contribution is -2.18. The molecular formula is C14H14N2O4S. The molecule has 2 aromatic heterocycles. The third-order valence-corrected chi connectivity index (χ3v) is 3.56. The molecule has 0 atom stereocenters. The van der Waals surface area contributed by atoms with Gasteiger partial charge in [-0.25, -0.2) is 4.79 Å². The highest BCUT2D eigenvalue weighted by Gasteiger charge is 2.18. The summed E-state index contributed by atoms with van der Waals surface area (Å²) >= 11 is 1.27. The Labute approximate surface area is 124 Å². The maximum atomic E-state index is 12.1. The molecule has 0 radical (unpaired) electrons. The van der Waals surface area contributed by atoms with Gasteiger partial charge >= 0.3 is 5.97 Å². The molecule has 2 N–H and O–H groups in total. The number of aromatic amines is 1. The number of aromatic nitrogens is 1. The van der Waals surface area contributed by atoms with Crippen molar-refractivity contribution in [3.8, 4) is 0 Å². The van der Waals surface area contributed by atoms with Crippen LogP contribution in [-0.4, -0.2) is 23.5 Å². The maximum absolute atomic E-state index is 12.1. The molecule has 0 spiro atoms. The van der Waals surface area contributed by atoms with E-state index in [1.165, 1.54) is 29.5 Å². The van der Waals surface area contributed by atoms with E-state index in [0.717, 1.165) is 4.88 Å². The van der Waals surface area contributed by atoms with Gasteiger partial charge in [-0.1, -0.05) is 6.07 Å². The average Bonchev–Trinajstić information content (AvgIpc) is 2.80. The molecule has 0 bridgehead atoms. The minimum atomic E-state index is -0.487. The first kappa shape index (κ1) is 15.0. The van der Waals surface area contributed by atoms with Gasteiger partial charge in [0, 0.05) is 10.9 Å². The normalized spacial score (nSPS) is 10.2. The third-order valence-electron chi connectivity index (χ3n) is 2.59. The van der Waals surface area contributed by atoms with E-state index >= 15 is 0 Å². The molecule has 0 saturated heterocycles. The molecule has 0 saturated carbocycles. The molecule has 2 rings (SSSR count). The molecule has 0 aliphatic heterocycles. The zero-order valence-electron chi connectivity index (χ0n) is 11.6. The van der Waals surface area contributed by atoms with Gasteiger partial charge in [-0.3, -0.25) is 9.59 Å². The van der Waals surface area contributed by atoms with Gasteiger partial charge in [-0.2, -0.15) is 0 Å². The summed E-state index contributed by atoms with van der Waals surface area (Å²) in [5.74, 6) is -0.973. The molecule has 0 fully saturated rings. The maximum Gasteiger partial charge on any atom is 0.341 e. The van der Waals surface area contributed by atoms with E-state index in [-0.39, 0.29) is 17.9 Å². The van der Waals surface area contributed by atoms with Crippen molar-refractivity contribution in [3.05, 3.63) is 50.8 Å². The molecule has 110 valence electrons. The van der Waals surface area contributed by atoms with Crippen LogP contribution in [0.1, 0.15) is 32.6 Å². The van der Waals surface area contributed by atoms with Crippen LogP contribution >= 0.6 is 11.3 Å². The lowest BCUT2D eigenvalue weighted by molar-refractivity contribution is 0.0528. The van der Waals surface area contributed by atoms with E-state index in [4.69, 9.17) is 4.74 Å². The van der Waals surface area contributed by atoms with E-state index in [1.807, 2.05) is 6.92 Å². The number of ether oxygens (including phenoxy) is 1. The van der Waals surface area contributed by atoms with Crippen molar-refractivity contribution >= 4 is 28.2 Å². The van der Waals surface area contributed by atoms with Gasteiger partial charge in [-0.05, 0) is 26.0 Å². The van der Waals surface area contributed by atoms with Crippen molar-refractivity contribution in [2.24, 2.45) is 0 Å². The first-order valence-corrected chi connectivity index (χ1v) is 7.11. The summed E-state index contributed by atoms with van der Waals surface area (Å²) in [5, 5.41) is 3.03. The fourth-order valence-corrected chi connectivity index (χ4v) is 2.61. The third kappa shape index (κ3) is 3.57. The summed E-state index contributed by atoms with van der Waals surface area (Å²) in [5.41, 5.74) is 0.0740. The summed E-state index contributed by atoms with van der Waals surface area (Å²) < 4.78 is 4.95. The number of nitrogens with one attached hydrogen (secondary N) is 2. The van der Waals surface area contributed by atoms with Gasteiger partial charge in [0.05, 0.1) is 12.2 Å². The van der Waals surface area contributed by atoms with Crippen LogP contribution in [0.15, 0.2) is 29.1 Å².